The first-order chi connectivity index (χ1) is 16.2. The molecule has 34 heavy (non-hydrogen) atoms. The van der Waals surface area contributed by atoms with E-state index >= 15 is 0 Å². The second-order valence-corrected chi connectivity index (χ2v) is 12.1. The first-order valence-corrected chi connectivity index (χ1v) is 17.8. The number of rotatable bonds is 9. The van der Waals surface area contributed by atoms with Gasteiger partial charge < -0.3 is 27.5 Å². The smallest absolute Gasteiger partial charge is 0.470 e. The van der Waals surface area contributed by atoms with Crippen LogP contribution in [0.25, 0.3) is 0 Å². The Labute approximate surface area is 221 Å². The van der Waals surface area contributed by atoms with Crippen LogP contribution >= 0.6 is 20.3 Å². The molecule has 0 aliphatic carbocycles. The molecule has 10 atom stereocenters. The molecule has 190 valence electrons. The lowest BCUT2D eigenvalue weighted by atomic mass is 9.79. The van der Waals surface area contributed by atoms with Crippen molar-refractivity contribution in [2.75, 3.05) is 6.61 Å². The first kappa shape index (κ1) is 28.3. The van der Waals surface area contributed by atoms with Crippen LogP contribution in [-0.4, -0.2) is 61.8 Å². The average molecular weight is 604 g/mol. The van der Waals surface area contributed by atoms with Gasteiger partial charge in [-0.15, -0.1) is 0 Å². The Balaban J connectivity index is 1.71. The van der Waals surface area contributed by atoms with Gasteiger partial charge in [-0.3, -0.25) is 4.79 Å². The second-order valence-electron chi connectivity index (χ2n) is 9.64. The predicted molar refractivity (Wildman–Crippen MR) is 138 cm³/mol. The predicted octanol–water partition coefficient (Wildman–Crippen LogP) is 4.25. The van der Waals surface area contributed by atoms with E-state index in [1.165, 1.54) is 6.92 Å². The van der Waals surface area contributed by atoms with Crippen LogP contribution in [0.3, 0.4) is 0 Å². The van der Waals surface area contributed by atoms with Gasteiger partial charge in [-0.25, -0.2) is 0 Å². The Morgan fingerprint density at radius 1 is 0.941 bits per heavy atom. The summed E-state index contributed by atoms with van der Waals surface area (Å²) >= 11 is 1.45. The van der Waals surface area contributed by atoms with Crippen LogP contribution in [0.5, 0.6) is 0 Å². The highest BCUT2D eigenvalue weighted by Crippen LogP contribution is 2.39. The molecule has 0 amide bonds. The summed E-state index contributed by atoms with van der Waals surface area (Å²) in [7, 11) is 0. The highest BCUT2D eigenvalue weighted by Gasteiger charge is 2.49. The minimum Gasteiger partial charge on any atom is -0.470 e. The molecule has 0 N–H and O–H groups in total. The van der Waals surface area contributed by atoms with E-state index in [1.54, 1.807) is 0 Å². The number of esters is 1. The molecule has 2 aliphatic rings. The molecule has 1 aromatic rings. The van der Waals surface area contributed by atoms with Crippen LogP contribution in [0.2, 0.25) is 0 Å². The molecular formula is C25H38AlIO7. The van der Waals surface area contributed by atoms with E-state index in [4.69, 9.17) is 27.5 Å². The van der Waals surface area contributed by atoms with E-state index in [9.17, 15) is 4.79 Å². The summed E-state index contributed by atoms with van der Waals surface area (Å²) in [6, 6.07) is 10.1. The summed E-state index contributed by atoms with van der Waals surface area (Å²) in [5, 5.41) is 0. The Morgan fingerprint density at radius 3 is 2.29 bits per heavy atom. The summed E-state index contributed by atoms with van der Waals surface area (Å²) in [6.45, 7) is 13.1. The van der Waals surface area contributed by atoms with E-state index in [0.29, 0.717) is 25.0 Å². The van der Waals surface area contributed by atoms with Crippen LogP contribution in [0.15, 0.2) is 30.3 Å². The van der Waals surface area contributed by atoms with Crippen molar-refractivity contribution in [3.05, 3.63) is 35.9 Å². The number of carbonyl (C=O) groups is 1. The molecule has 2 aliphatic heterocycles. The van der Waals surface area contributed by atoms with Crippen molar-refractivity contribution in [2.24, 2.45) is 23.7 Å². The lowest BCUT2D eigenvalue weighted by molar-refractivity contribution is -0.325. The molecule has 2 saturated heterocycles. The Kier molecular flexibility index (Phi) is 11.1. The number of benzene rings is 1. The fraction of sp³-hybridized carbons (Fsp3) is 0.720. The van der Waals surface area contributed by atoms with Gasteiger partial charge in [-0.2, -0.15) is 20.3 Å². The summed E-state index contributed by atoms with van der Waals surface area (Å²) < 4.78 is 36.8. The zero-order chi connectivity index (χ0) is 24.8. The third-order valence-electron chi connectivity index (χ3n) is 7.40. The van der Waals surface area contributed by atoms with Gasteiger partial charge in [0.15, 0.2) is 18.7 Å². The van der Waals surface area contributed by atoms with Crippen LogP contribution in [0, 0.1) is 23.7 Å². The van der Waals surface area contributed by atoms with E-state index in [2.05, 4.69) is 60.1 Å². The number of carbonyl (C=O) groups excluding carboxylic acids is 1. The first-order valence-electron chi connectivity index (χ1n) is 12.2. The lowest BCUT2D eigenvalue weighted by Gasteiger charge is -2.48. The molecule has 0 bridgehead atoms. The standard InChI is InChI=1S/C25H37O7.Al.HI.H/c1-14-15(2)21(13-28-12-20-10-8-7-9-11-20)31-25(16(14)3)32-22-17(4)18(5)29-24(27)23(22)30-19(6)26;;;/h7-11,14-18,21-25H,12-13H2,1-6H3;;1H;/q-1;+2;;/p-1/t14?,15-,16?,17-,18?,21-,22-,23?,24+,25+;;;/m0.../s1. The summed E-state index contributed by atoms with van der Waals surface area (Å²) in [5.41, 5.74) is 1.14. The van der Waals surface area contributed by atoms with E-state index in [1.807, 2.05) is 25.1 Å². The summed E-state index contributed by atoms with van der Waals surface area (Å²) in [5.74, 6) is 0.486. The van der Waals surface area contributed by atoms with Crippen molar-refractivity contribution in [1.82, 2.24) is 0 Å². The van der Waals surface area contributed by atoms with Crippen LogP contribution in [0.4, 0.5) is 0 Å². The molecular weight excluding hydrogens is 566 g/mol. The zero-order valence-electron chi connectivity index (χ0n) is 21.0. The van der Waals surface area contributed by atoms with Gasteiger partial charge >= 0.3 is 18.2 Å². The van der Waals surface area contributed by atoms with E-state index in [0.717, 1.165) is 5.56 Å². The Morgan fingerprint density at radius 2 is 1.65 bits per heavy atom. The molecule has 0 spiro atoms. The number of hydrogen-bond acceptors (Lipinski definition) is 7. The van der Waals surface area contributed by atoms with E-state index < -0.39 is 37.1 Å². The second kappa shape index (κ2) is 13.3. The molecule has 2 heterocycles. The summed E-state index contributed by atoms with van der Waals surface area (Å²) in [4.78, 5) is 11.9. The van der Waals surface area contributed by atoms with Gasteiger partial charge in [-0.05, 0) is 24.3 Å². The SMILES string of the molecule is CC(=O)OC1[C@H]([O][AlH][I])OC(C)[C@H](C)[C@@H]1O[C@H]1O[C@@H](COCc2ccccc2)[C@@H](C)C(C)C1C. The fourth-order valence-corrected chi connectivity index (χ4v) is 6.16. The monoisotopic (exact) mass is 604 g/mol. The van der Waals surface area contributed by atoms with Gasteiger partial charge in [0.2, 0.25) is 0 Å². The highest BCUT2D eigenvalue weighted by molar-refractivity contribution is 14.1. The minimum absolute atomic E-state index is 0.00156. The molecule has 0 radical (unpaired) electrons. The van der Waals surface area contributed by atoms with Crippen molar-refractivity contribution < 1.29 is 32.3 Å². The normalized spacial score (nSPS) is 38.3. The van der Waals surface area contributed by atoms with Crippen LogP contribution in [0.1, 0.15) is 47.1 Å². The highest BCUT2D eigenvalue weighted by atomic mass is 127. The number of hydrogen-bond donors (Lipinski definition) is 0. The minimum atomic E-state index is -0.806. The third-order valence-corrected chi connectivity index (χ3v) is 8.93. The molecule has 7 nitrogen and oxygen atoms in total. The van der Waals surface area contributed by atoms with Crippen molar-refractivity contribution in [3.8, 4) is 0 Å². The lowest BCUT2D eigenvalue weighted by Crippen LogP contribution is -2.59. The largest absolute Gasteiger partial charge is 0.527 e. The topological polar surface area (TPSA) is 72.5 Å². The molecule has 9 heteroatoms. The molecule has 0 saturated carbocycles. The molecule has 4 unspecified atom stereocenters. The van der Waals surface area contributed by atoms with Crippen molar-refractivity contribution in [1.29, 1.82) is 0 Å². The third kappa shape index (κ3) is 7.16. The van der Waals surface area contributed by atoms with E-state index in [-0.39, 0.29) is 30.0 Å². The maximum Gasteiger partial charge on any atom is 0.527 e. The molecule has 3 rings (SSSR count). The zero-order valence-corrected chi connectivity index (χ0v) is 24.6. The van der Waals surface area contributed by atoms with Crippen molar-refractivity contribution in [3.63, 3.8) is 0 Å². The number of halogens is 1. The maximum atomic E-state index is 11.9. The molecule has 1 aromatic carbocycles. The van der Waals surface area contributed by atoms with Gasteiger partial charge in [0.1, 0.15) is 6.10 Å². The maximum absolute atomic E-state index is 11.9. The molecule has 2 fully saturated rings. The van der Waals surface area contributed by atoms with Crippen molar-refractivity contribution in [2.45, 2.75) is 85.1 Å². The van der Waals surface area contributed by atoms with Gasteiger partial charge in [0, 0.05) is 18.8 Å². The van der Waals surface area contributed by atoms with Crippen molar-refractivity contribution >= 4 is 38.5 Å². The quantitative estimate of drug-likeness (QED) is 0.237. The summed E-state index contributed by atoms with van der Waals surface area (Å²) in [6.07, 6.45) is -2.28. The van der Waals surface area contributed by atoms with Crippen LogP contribution in [-0.2, 0) is 38.9 Å². The van der Waals surface area contributed by atoms with Crippen LogP contribution < -0.4 is 0 Å². The average Bonchev–Trinajstić information content (AvgIpc) is 2.81. The van der Waals surface area contributed by atoms with Gasteiger partial charge in [-0.1, -0.05) is 58.0 Å². The van der Waals surface area contributed by atoms with Gasteiger partial charge in [0.05, 0.1) is 25.4 Å². The number of ether oxygens (including phenoxy) is 5. The van der Waals surface area contributed by atoms with Gasteiger partial charge in [0.25, 0.3) is 0 Å². The molecule has 0 aromatic heterocycles. The Hall–Kier alpha value is -0.248. The fourth-order valence-electron chi connectivity index (χ4n) is 4.70. The Bertz CT molecular complexity index is 769.